The van der Waals surface area contributed by atoms with E-state index in [0.717, 1.165) is 47.6 Å². The monoisotopic (exact) mass is 509 g/mol. The van der Waals surface area contributed by atoms with Crippen molar-refractivity contribution in [3.63, 3.8) is 0 Å². The fourth-order valence-electron chi connectivity index (χ4n) is 4.63. The second kappa shape index (κ2) is 10.9. The molecule has 3 aromatic carbocycles. The second-order valence-corrected chi connectivity index (χ2v) is 11.5. The molecule has 1 saturated carbocycles. The molecule has 8 heteroatoms. The topological polar surface area (TPSA) is 90.3 Å². The minimum atomic E-state index is -3.93. The first-order chi connectivity index (χ1) is 16.8. The molecule has 3 aromatic rings. The molecule has 6 nitrogen and oxygen atoms in total. The van der Waals surface area contributed by atoms with Gasteiger partial charge in [0.2, 0.25) is 15.9 Å². The minimum absolute atomic E-state index is 0.139. The molecule has 0 radical (unpaired) electrons. The van der Waals surface area contributed by atoms with Crippen molar-refractivity contribution in [2.45, 2.75) is 49.1 Å². The predicted molar refractivity (Wildman–Crippen MR) is 144 cm³/mol. The predicted octanol–water partition coefficient (Wildman–Crippen LogP) is 4.82. The van der Waals surface area contributed by atoms with Gasteiger partial charge in [0.25, 0.3) is 0 Å². The molecule has 0 bridgehead atoms. The molecule has 0 aliphatic heterocycles. The highest BCUT2D eigenvalue weighted by atomic mass is 32.2. The van der Waals surface area contributed by atoms with E-state index in [1.165, 1.54) is 11.8 Å². The van der Waals surface area contributed by atoms with Gasteiger partial charge in [-0.25, -0.2) is 8.42 Å². The summed E-state index contributed by atoms with van der Waals surface area (Å²) in [6, 6.07) is 19.2. The third-order valence-electron chi connectivity index (χ3n) is 6.71. The maximum absolute atomic E-state index is 13.5. The standard InChI is InChI=1S/C27H31N3O3S2/c1-30(23-9-5-6-10-23)27(31)25(17-19-11-13-21(14-12-19)26(28)34-2)29-35(32,33)24-16-15-20-7-3-4-8-22(20)18-24/h3-4,7-8,11-16,18,23,25,28-29H,5-6,9-10,17H2,1-2H3/t25-/m0/s1. The van der Waals surface area contributed by atoms with Gasteiger partial charge in [0.05, 0.1) is 9.94 Å². The SMILES string of the molecule is CSC(=N)c1ccc(C[C@H](NS(=O)(=O)c2ccc3ccccc3c2)C(=O)N(C)C2CCCC2)cc1. The average Bonchev–Trinajstić information content (AvgIpc) is 3.42. The van der Waals surface area contributed by atoms with E-state index >= 15 is 0 Å². The van der Waals surface area contributed by atoms with Gasteiger partial charge >= 0.3 is 0 Å². The Morgan fingerprint density at radius 3 is 2.37 bits per heavy atom. The van der Waals surface area contributed by atoms with Crippen molar-refractivity contribution < 1.29 is 13.2 Å². The van der Waals surface area contributed by atoms with Crippen LogP contribution >= 0.6 is 11.8 Å². The van der Waals surface area contributed by atoms with Crippen LogP contribution in [0.15, 0.2) is 71.6 Å². The Kier molecular flexibility index (Phi) is 7.94. The molecule has 0 heterocycles. The van der Waals surface area contributed by atoms with E-state index in [4.69, 9.17) is 5.41 Å². The molecular weight excluding hydrogens is 478 g/mol. The summed E-state index contributed by atoms with van der Waals surface area (Å²) in [7, 11) is -2.16. The number of fused-ring (bicyclic) bond motifs is 1. The Hall–Kier alpha value is -2.68. The Morgan fingerprint density at radius 1 is 1.06 bits per heavy atom. The fraction of sp³-hybridized carbons (Fsp3) is 0.333. The third kappa shape index (κ3) is 5.94. The quantitative estimate of drug-likeness (QED) is 0.337. The lowest BCUT2D eigenvalue weighted by Crippen LogP contribution is -2.50. The van der Waals surface area contributed by atoms with Gasteiger partial charge in [-0.1, -0.05) is 67.4 Å². The number of rotatable bonds is 8. The first-order valence-corrected chi connectivity index (χ1v) is 14.5. The highest BCUT2D eigenvalue weighted by Gasteiger charge is 2.32. The lowest BCUT2D eigenvalue weighted by Gasteiger charge is -2.29. The van der Waals surface area contributed by atoms with Gasteiger partial charge in [0.15, 0.2) is 0 Å². The molecule has 2 N–H and O–H groups in total. The van der Waals surface area contributed by atoms with E-state index in [2.05, 4.69) is 4.72 Å². The van der Waals surface area contributed by atoms with Crippen LogP contribution in [0.3, 0.4) is 0 Å². The molecule has 184 valence electrons. The van der Waals surface area contributed by atoms with Crippen molar-refractivity contribution in [2.75, 3.05) is 13.3 Å². The lowest BCUT2D eigenvalue weighted by molar-refractivity contribution is -0.133. The number of carbonyl (C=O) groups excluding carboxylic acids is 1. The van der Waals surface area contributed by atoms with Gasteiger partial charge in [-0.3, -0.25) is 10.2 Å². The summed E-state index contributed by atoms with van der Waals surface area (Å²) in [5, 5.41) is 10.2. The first-order valence-electron chi connectivity index (χ1n) is 11.8. The molecule has 35 heavy (non-hydrogen) atoms. The van der Waals surface area contributed by atoms with Gasteiger partial charge in [-0.15, -0.1) is 11.8 Å². The minimum Gasteiger partial charge on any atom is -0.341 e. The summed E-state index contributed by atoms with van der Waals surface area (Å²) in [5.74, 6) is -0.220. The number of amides is 1. The number of hydrogen-bond acceptors (Lipinski definition) is 5. The molecule has 0 aromatic heterocycles. The molecule has 0 saturated heterocycles. The Labute approximate surface area is 211 Å². The van der Waals surface area contributed by atoms with Crippen LogP contribution in [0.1, 0.15) is 36.8 Å². The maximum Gasteiger partial charge on any atom is 0.241 e. The number of thioether (sulfide) groups is 1. The van der Waals surface area contributed by atoms with Crippen LogP contribution in [-0.2, 0) is 21.2 Å². The number of hydrogen-bond donors (Lipinski definition) is 2. The number of benzene rings is 3. The van der Waals surface area contributed by atoms with Gasteiger partial charge in [-0.2, -0.15) is 4.72 Å². The molecular formula is C27H31N3O3S2. The summed E-state index contributed by atoms with van der Waals surface area (Å²) in [4.78, 5) is 15.4. The summed E-state index contributed by atoms with van der Waals surface area (Å²) in [6.07, 6.45) is 6.13. The first kappa shape index (κ1) is 25.4. The van der Waals surface area contributed by atoms with Gasteiger partial charge in [0, 0.05) is 18.7 Å². The molecule has 1 atom stereocenters. The molecule has 0 unspecified atom stereocenters. The van der Waals surface area contributed by atoms with Crippen LogP contribution in [0.4, 0.5) is 0 Å². The van der Waals surface area contributed by atoms with Crippen LogP contribution in [0.25, 0.3) is 10.8 Å². The second-order valence-electron chi connectivity index (χ2n) is 9.00. The largest absolute Gasteiger partial charge is 0.341 e. The van der Waals surface area contributed by atoms with Crippen LogP contribution < -0.4 is 4.72 Å². The third-order valence-corrected chi connectivity index (χ3v) is 8.82. The highest BCUT2D eigenvalue weighted by molar-refractivity contribution is 8.13. The Bertz CT molecular complexity index is 1320. The smallest absolute Gasteiger partial charge is 0.241 e. The zero-order valence-corrected chi connectivity index (χ0v) is 21.7. The number of nitrogens with zero attached hydrogens (tertiary/aromatic N) is 1. The number of sulfonamides is 1. The zero-order chi connectivity index (χ0) is 25.0. The van der Waals surface area contributed by atoms with E-state index in [0.29, 0.717) is 5.04 Å². The lowest BCUT2D eigenvalue weighted by atomic mass is 10.0. The van der Waals surface area contributed by atoms with Gasteiger partial charge < -0.3 is 4.90 Å². The summed E-state index contributed by atoms with van der Waals surface area (Å²) < 4.78 is 29.5. The summed E-state index contributed by atoms with van der Waals surface area (Å²) >= 11 is 1.36. The van der Waals surface area contributed by atoms with E-state index in [9.17, 15) is 13.2 Å². The summed E-state index contributed by atoms with van der Waals surface area (Å²) in [6.45, 7) is 0. The van der Waals surface area contributed by atoms with Gasteiger partial charge in [-0.05, 0) is 54.0 Å². The van der Waals surface area contributed by atoms with E-state index < -0.39 is 16.1 Å². The number of nitrogens with one attached hydrogen (secondary N) is 2. The van der Waals surface area contributed by atoms with Crippen molar-refractivity contribution in [2.24, 2.45) is 0 Å². The van der Waals surface area contributed by atoms with E-state index in [1.807, 2.05) is 54.8 Å². The molecule has 1 aliphatic carbocycles. The van der Waals surface area contributed by atoms with Crippen molar-refractivity contribution in [1.29, 1.82) is 5.41 Å². The number of likely N-dealkylation sites (N-methyl/N-ethyl adjacent to an activating group) is 1. The maximum atomic E-state index is 13.5. The Balaban J connectivity index is 1.61. The highest BCUT2D eigenvalue weighted by Crippen LogP contribution is 2.24. The zero-order valence-electron chi connectivity index (χ0n) is 20.0. The van der Waals surface area contributed by atoms with Crippen molar-refractivity contribution in [3.8, 4) is 0 Å². The van der Waals surface area contributed by atoms with Crippen LogP contribution in [0, 0.1) is 5.41 Å². The van der Waals surface area contributed by atoms with Crippen molar-refractivity contribution in [3.05, 3.63) is 77.9 Å². The van der Waals surface area contributed by atoms with Crippen LogP contribution in [-0.4, -0.2) is 49.7 Å². The molecule has 1 amide bonds. The van der Waals surface area contributed by atoms with Crippen molar-refractivity contribution >= 4 is 43.5 Å². The van der Waals surface area contributed by atoms with Crippen LogP contribution in [0.2, 0.25) is 0 Å². The van der Waals surface area contributed by atoms with Gasteiger partial charge in [0.1, 0.15) is 6.04 Å². The molecule has 4 rings (SSSR count). The number of carbonyl (C=O) groups is 1. The Morgan fingerprint density at radius 2 is 1.71 bits per heavy atom. The fourth-order valence-corrected chi connectivity index (χ4v) is 6.23. The molecule has 1 fully saturated rings. The van der Waals surface area contributed by atoms with E-state index in [1.54, 1.807) is 30.1 Å². The molecule has 0 spiro atoms. The molecule has 1 aliphatic rings. The summed E-state index contributed by atoms with van der Waals surface area (Å²) in [5.41, 5.74) is 1.63. The van der Waals surface area contributed by atoms with Crippen molar-refractivity contribution in [1.82, 2.24) is 9.62 Å². The van der Waals surface area contributed by atoms with E-state index in [-0.39, 0.29) is 23.3 Å². The normalized spacial score (nSPS) is 15.3. The van der Waals surface area contributed by atoms with Crippen LogP contribution in [0.5, 0.6) is 0 Å². The average molecular weight is 510 g/mol.